The number of nitrogens with zero attached hydrogens (tertiary/aromatic N) is 2. The molecule has 3 nitrogen and oxygen atoms in total. The van der Waals surface area contributed by atoms with Gasteiger partial charge in [0.15, 0.2) is 5.13 Å². The molecule has 4 heteroatoms. The zero-order valence-electron chi connectivity index (χ0n) is 15.1. The number of thiazole rings is 1. The summed E-state index contributed by atoms with van der Waals surface area (Å²) in [5.41, 5.74) is 1.39. The Labute approximate surface area is 135 Å². The molecule has 21 heavy (non-hydrogen) atoms. The zero-order chi connectivity index (χ0) is 16.2. The third-order valence-corrected chi connectivity index (χ3v) is 4.84. The molecule has 1 aromatic heterocycles. The molecular weight excluding hydrogens is 278 g/mol. The Morgan fingerprint density at radius 3 is 2.33 bits per heavy atom. The Bertz CT molecular complexity index is 432. The molecule has 0 aliphatic carbocycles. The molecule has 0 fully saturated rings. The second-order valence-electron chi connectivity index (χ2n) is 7.41. The minimum absolute atomic E-state index is 0.145. The number of hydrogen-bond donors (Lipinski definition) is 1. The van der Waals surface area contributed by atoms with Crippen LogP contribution in [0.4, 0.5) is 5.13 Å². The first-order chi connectivity index (χ1) is 9.64. The Balaban J connectivity index is 2.83. The molecule has 0 aliphatic rings. The third-order valence-electron chi connectivity index (χ3n) is 3.66. The average Bonchev–Trinajstić information content (AvgIpc) is 2.76. The van der Waals surface area contributed by atoms with Gasteiger partial charge < -0.3 is 10.2 Å². The van der Waals surface area contributed by atoms with Gasteiger partial charge in [-0.15, -0.1) is 11.3 Å². The van der Waals surface area contributed by atoms with Crippen LogP contribution >= 0.6 is 11.3 Å². The second-order valence-corrected chi connectivity index (χ2v) is 8.47. The predicted octanol–water partition coefficient (Wildman–Crippen LogP) is 4.46. The SMILES string of the molecule is CCc1nc(N(C)C(C)CC(C)C)sc1CNC(C)(C)C. The fraction of sp³-hybridized carbons (Fsp3) is 0.824. The van der Waals surface area contributed by atoms with Gasteiger partial charge >= 0.3 is 0 Å². The van der Waals surface area contributed by atoms with Gasteiger partial charge in [-0.25, -0.2) is 4.98 Å². The quantitative estimate of drug-likeness (QED) is 0.805. The molecule has 1 unspecified atom stereocenters. The summed E-state index contributed by atoms with van der Waals surface area (Å²) in [6.07, 6.45) is 2.21. The minimum atomic E-state index is 0.145. The predicted molar refractivity (Wildman–Crippen MR) is 95.4 cm³/mol. The third kappa shape index (κ3) is 5.95. The van der Waals surface area contributed by atoms with Gasteiger partial charge in [0.25, 0.3) is 0 Å². The molecule has 0 bridgehead atoms. The van der Waals surface area contributed by atoms with Crippen LogP contribution in [0.3, 0.4) is 0 Å². The molecule has 1 heterocycles. The van der Waals surface area contributed by atoms with Crippen molar-refractivity contribution >= 4 is 16.5 Å². The molecule has 0 radical (unpaired) electrons. The van der Waals surface area contributed by atoms with E-state index < -0.39 is 0 Å². The molecule has 0 saturated carbocycles. The van der Waals surface area contributed by atoms with E-state index in [2.05, 4.69) is 65.7 Å². The first kappa shape index (κ1) is 18.4. The summed E-state index contributed by atoms with van der Waals surface area (Å²) < 4.78 is 0. The van der Waals surface area contributed by atoms with Crippen LogP contribution in [0.1, 0.15) is 65.5 Å². The maximum Gasteiger partial charge on any atom is 0.185 e. The summed E-state index contributed by atoms with van der Waals surface area (Å²) in [5, 5.41) is 4.74. The smallest absolute Gasteiger partial charge is 0.185 e. The number of rotatable bonds is 7. The number of nitrogens with one attached hydrogen (secondary N) is 1. The first-order valence-electron chi connectivity index (χ1n) is 8.10. The molecule has 122 valence electrons. The fourth-order valence-corrected chi connectivity index (χ4v) is 3.46. The topological polar surface area (TPSA) is 28.2 Å². The largest absolute Gasteiger partial charge is 0.348 e. The maximum absolute atomic E-state index is 4.86. The van der Waals surface area contributed by atoms with Crippen LogP contribution in [0.5, 0.6) is 0 Å². The molecular formula is C17H33N3S. The van der Waals surface area contributed by atoms with E-state index in [1.54, 1.807) is 0 Å². The van der Waals surface area contributed by atoms with E-state index in [1.807, 2.05) is 11.3 Å². The molecule has 0 amide bonds. The summed E-state index contributed by atoms with van der Waals surface area (Å²) in [5.74, 6) is 0.718. The summed E-state index contributed by atoms with van der Waals surface area (Å²) >= 11 is 1.84. The van der Waals surface area contributed by atoms with E-state index in [-0.39, 0.29) is 5.54 Å². The van der Waals surface area contributed by atoms with Crippen LogP contribution in [0.25, 0.3) is 0 Å². The Morgan fingerprint density at radius 2 is 1.86 bits per heavy atom. The van der Waals surface area contributed by atoms with Gasteiger partial charge in [-0.05, 0) is 46.5 Å². The van der Waals surface area contributed by atoms with Gasteiger partial charge in [0, 0.05) is 30.1 Å². The van der Waals surface area contributed by atoms with Crippen molar-refractivity contribution in [2.24, 2.45) is 5.92 Å². The molecule has 0 aromatic carbocycles. The summed E-state index contributed by atoms with van der Waals surface area (Å²) in [7, 11) is 2.17. The van der Waals surface area contributed by atoms with Crippen LogP contribution < -0.4 is 10.2 Å². The Morgan fingerprint density at radius 1 is 1.24 bits per heavy atom. The molecule has 1 rings (SSSR count). The normalized spacial score (nSPS) is 13.8. The van der Waals surface area contributed by atoms with Crippen molar-refractivity contribution in [1.82, 2.24) is 10.3 Å². The van der Waals surface area contributed by atoms with Crippen molar-refractivity contribution in [3.05, 3.63) is 10.6 Å². The van der Waals surface area contributed by atoms with Crippen LogP contribution in [-0.4, -0.2) is 23.6 Å². The van der Waals surface area contributed by atoms with Crippen LogP contribution in [-0.2, 0) is 13.0 Å². The summed E-state index contributed by atoms with van der Waals surface area (Å²) in [6.45, 7) is 16.6. The van der Waals surface area contributed by atoms with Crippen LogP contribution in [0.2, 0.25) is 0 Å². The Hall–Kier alpha value is -0.610. The zero-order valence-corrected chi connectivity index (χ0v) is 15.9. The van der Waals surface area contributed by atoms with Crippen molar-refractivity contribution in [3.63, 3.8) is 0 Å². The summed E-state index contributed by atoms with van der Waals surface area (Å²) in [4.78, 5) is 8.58. The van der Waals surface area contributed by atoms with Crippen molar-refractivity contribution in [2.75, 3.05) is 11.9 Å². The van der Waals surface area contributed by atoms with Gasteiger partial charge in [-0.2, -0.15) is 0 Å². The minimum Gasteiger partial charge on any atom is -0.348 e. The number of aryl methyl sites for hydroxylation is 1. The summed E-state index contributed by atoms with van der Waals surface area (Å²) in [6, 6.07) is 0.532. The lowest BCUT2D eigenvalue weighted by Crippen LogP contribution is -2.35. The Kier molecular flexibility index (Phi) is 6.67. The highest BCUT2D eigenvalue weighted by molar-refractivity contribution is 7.15. The maximum atomic E-state index is 4.86. The number of anilines is 1. The van der Waals surface area contributed by atoms with Gasteiger partial charge in [-0.1, -0.05) is 20.8 Å². The lowest BCUT2D eigenvalue weighted by molar-refractivity contribution is 0.425. The first-order valence-corrected chi connectivity index (χ1v) is 8.92. The van der Waals surface area contributed by atoms with Gasteiger partial charge in [0.1, 0.15) is 0 Å². The molecule has 0 spiro atoms. The lowest BCUT2D eigenvalue weighted by Gasteiger charge is -2.25. The van der Waals surface area contributed by atoms with E-state index >= 15 is 0 Å². The van der Waals surface area contributed by atoms with Crippen LogP contribution in [0.15, 0.2) is 0 Å². The lowest BCUT2D eigenvalue weighted by atomic mass is 10.0. The molecule has 0 aliphatic heterocycles. The number of hydrogen-bond acceptors (Lipinski definition) is 4. The molecule has 0 saturated heterocycles. The van der Waals surface area contributed by atoms with E-state index in [0.717, 1.165) is 24.0 Å². The molecule has 1 aromatic rings. The van der Waals surface area contributed by atoms with Crippen LogP contribution in [0, 0.1) is 5.92 Å². The van der Waals surface area contributed by atoms with E-state index in [4.69, 9.17) is 4.98 Å². The second kappa shape index (κ2) is 7.59. The standard InChI is InChI=1S/C17H33N3S/c1-9-14-15(11-18-17(5,6)7)21-16(19-14)20(8)13(4)10-12(2)3/h12-13,18H,9-11H2,1-8H3. The van der Waals surface area contributed by atoms with Gasteiger partial charge in [0.2, 0.25) is 0 Å². The highest BCUT2D eigenvalue weighted by Crippen LogP contribution is 2.28. The fourth-order valence-electron chi connectivity index (χ4n) is 2.31. The monoisotopic (exact) mass is 311 g/mol. The van der Waals surface area contributed by atoms with Crippen molar-refractivity contribution < 1.29 is 0 Å². The van der Waals surface area contributed by atoms with Crippen molar-refractivity contribution in [2.45, 2.75) is 79.4 Å². The average molecular weight is 312 g/mol. The van der Waals surface area contributed by atoms with Gasteiger partial charge in [-0.3, -0.25) is 0 Å². The van der Waals surface area contributed by atoms with E-state index in [1.165, 1.54) is 17.0 Å². The van der Waals surface area contributed by atoms with Crippen molar-refractivity contribution in [3.8, 4) is 0 Å². The van der Waals surface area contributed by atoms with Crippen molar-refractivity contribution in [1.29, 1.82) is 0 Å². The van der Waals surface area contributed by atoms with E-state index in [0.29, 0.717) is 6.04 Å². The number of aromatic nitrogens is 1. The highest BCUT2D eigenvalue weighted by Gasteiger charge is 2.19. The molecule has 1 N–H and O–H groups in total. The highest BCUT2D eigenvalue weighted by atomic mass is 32.1. The molecule has 1 atom stereocenters. The van der Waals surface area contributed by atoms with Gasteiger partial charge in [0.05, 0.1) is 5.69 Å². The van der Waals surface area contributed by atoms with E-state index in [9.17, 15) is 0 Å².